The lowest BCUT2D eigenvalue weighted by Crippen LogP contribution is -2.45. The maximum atomic E-state index is 11.4. The predicted molar refractivity (Wildman–Crippen MR) is 109 cm³/mol. The van der Waals surface area contributed by atoms with E-state index in [2.05, 4.69) is 42.1 Å². The summed E-state index contributed by atoms with van der Waals surface area (Å²) in [5.74, 6) is 0.792. The number of aromatic amines is 1. The number of H-pyrrole nitrogens is 1. The largest absolute Gasteiger partial charge is 0.497 e. The highest BCUT2D eigenvalue weighted by atomic mass is 16.5. The summed E-state index contributed by atoms with van der Waals surface area (Å²) in [6.07, 6.45) is 3.88. The molecule has 1 saturated heterocycles. The molecule has 4 nitrogen and oxygen atoms in total. The molecule has 2 aromatic carbocycles. The average molecular weight is 364 g/mol. The number of aromatic nitrogens is 1. The Morgan fingerprint density at radius 2 is 2.07 bits per heavy atom. The third-order valence-corrected chi connectivity index (χ3v) is 5.75. The number of methoxy groups -OCH3 is 1. The van der Waals surface area contributed by atoms with Crippen molar-refractivity contribution in [3.8, 4) is 5.75 Å². The zero-order valence-corrected chi connectivity index (χ0v) is 16.4. The summed E-state index contributed by atoms with van der Waals surface area (Å²) in [5.41, 5.74) is 5.20. The molecule has 0 spiro atoms. The van der Waals surface area contributed by atoms with Crippen LogP contribution < -0.4 is 4.74 Å². The molecule has 0 amide bonds. The van der Waals surface area contributed by atoms with Crippen molar-refractivity contribution in [2.24, 2.45) is 0 Å². The molecule has 1 aromatic heterocycles. The fourth-order valence-corrected chi connectivity index (χ4v) is 4.52. The van der Waals surface area contributed by atoms with Gasteiger partial charge in [0.05, 0.1) is 7.11 Å². The van der Waals surface area contributed by atoms with Crippen LogP contribution in [0.4, 0.5) is 0 Å². The van der Waals surface area contributed by atoms with E-state index in [1.54, 1.807) is 7.11 Å². The Bertz CT molecular complexity index is 962. The molecule has 4 rings (SSSR count). The zero-order chi connectivity index (χ0) is 19.0. The van der Waals surface area contributed by atoms with E-state index >= 15 is 0 Å². The minimum atomic E-state index is -0.829. The van der Waals surface area contributed by atoms with Crippen LogP contribution >= 0.6 is 0 Å². The van der Waals surface area contributed by atoms with Crippen LogP contribution in [0.5, 0.6) is 5.75 Å². The molecule has 0 radical (unpaired) electrons. The number of benzene rings is 2. The number of β-amino-alcohol motifs (C(OH)–C–C–N with tert-alkyl or cyclic N) is 1. The Kier molecular flexibility index (Phi) is 4.70. The van der Waals surface area contributed by atoms with E-state index in [1.165, 1.54) is 27.6 Å². The van der Waals surface area contributed by atoms with Crippen molar-refractivity contribution in [1.29, 1.82) is 0 Å². The molecule has 3 aromatic rings. The summed E-state index contributed by atoms with van der Waals surface area (Å²) in [6, 6.07) is 12.3. The van der Waals surface area contributed by atoms with E-state index in [1.807, 2.05) is 24.3 Å². The minimum absolute atomic E-state index is 0.637. The van der Waals surface area contributed by atoms with Crippen molar-refractivity contribution < 1.29 is 9.84 Å². The molecule has 27 heavy (non-hydrogen) atoms. The van der Waals surface area contributed by atoms with Gasteiger partial charge in [-0.2, -0.15) is 0 Å². The van der Waals surface area contributed by atoms with Crippen LogP contribution in [-0.2, 0) is 12.1 Å². The van der Waals surface area contributed by atoms with E-state index in [9.17, 15) is 5.11 Å². The number of rotatable bonds is 4. The van der Waals surface area contributed by atoms with Crippen molar-refractivity contribution >= 4 is 10.9 Å². The molecular formula is C23H28N2O2. The van der Waals surface area contributed by atoms with Crippen molar-refractivity contribution in [1.82, 2.24) is 9.88 Å². The minimum Gasteiger partial charge on any atom is -0.497 e. The second kappa shape index (κ2) is 7.02. The SMILES string of the molecule is COc1cccc(C2(O)CCCN(Cc3c[nH]c4cc(C)cc(C)c34)C2)c1. The summed E-state index contributed by atoms with van der Waals surface area (Å²) < 4.78 is 5.34. The number of aryl methyl sites for hydroxylation is 2. The number of aliphatic hydroxyl groups is 1. The van der Waals surface area contributed by atoms with Crippen molar-refractivity contribution in [3.05, 3.63) is 64.8 Å². The van der Waals surface area contributed by atoms with Gasteiger partial charge >= 0.3 is 0 Å². The van der Waals surface area contributed by atoms with Gasteiger partial charge in [0.25, 0.3) is 0 Å². The summed E-state index contributed by atoms with van der Waals surface area (Å²) in [6.45, 7) is 6.79. The Hall–Kier alpha value is -2.30. The van der Waals surface area contributed by atoms with Gasteiger partial charge in [-0.1, -0.05) is 18.2 Å². The zero-order valence-electron chi connectivity index (χ0n) is 16.4. The molecule has 1 atom stereocenters. The van der Waals surface area contributed by atoms with Gasteiger partial charge in [-0.15, -0.1) is 0 Å². The van der Waals surface area contributed by atoms with E-state index in [-0.39, 0.29) is 0 Å². The Labute approximate surface area is 160 Å². The summed E-state index contributed by atoms with van der Waals surface area (Å²) in [5, 5.41) is 12.7. The van der Waals surface area contributed by atoms with Crippen LogP contribution in [0, 0.1) is 13.8 Å². The van der Waals surface area contributed by atoms with Gasteiger partial charge < -0.3 is 14.8 Å². The Balaban J connectivity index is 1.59. The number of likely N-dealkylation sites (tertiary alicyclic amines) is 1. The number of fused-ring (bicyclic) bond motifs is 1. The summed E-state index contributed by atoms with van der Waals surface area (Å²) in [4.78, 5) is 5.79. The van der Waals surface area contributed by atoms with Crippen LogP contribution in [0.2, 0.25) is 0 Å². The van der Waals surface area contributed by atoms with Crippen LogP contribution in [0.25, 0.3) is 10.9 Å². The number of hydrogen-bond acceptors (Lipinski definition) is 3. The van der Waals surface area contributed by atoms with E-state index in [0.717, 1.165) is 37.2 Å². The smallest absolute Gasteiger partial charge is 0.119 e. The van der Waals surface area contributed by atoms with Gasteiger partial charge in [-0.3, -0.25) is 4.90 Å². The molecule has 1 aliphatic heterocycles. The number of nitrogens with one attached hydrogen (secondary N) is 1. The fraction of sp³-hybridized carbons (Fsp3) is 0.391. The topological polar surface area (TPSA) is 48.5 Å². The van der Waals surface area contributed by atoms with E-state index < -0.39 is 5.60 Å². The first-order valence-corrected chi connectivity index (χ1v) is 9.65. The highest BCUT2D eigenvalue weighted by Crippen LogP contribution is 2.34. The van der Waals surface area contributed by atoms with Crippen LogP contribution in [-0.4, -0.2) is 35.2 Å². The molecule has 1 unspecified atom stereocenters. The van der Waals surface area contributed by atoms with Gasteiger partial charge in [0, 0.05) is 30.2 Å². The van der Waals surface area contributed by atoms with Crippen molar-refractivity contribution in [3.63, 3.8) is 0 Å². The third-order valence-electron chi connectivity index (χ3n) is 5.75. The molecule has 1 aliphatic rings. The van der Waals surface area contributed by atoms with Gasteiger partial charge in [-0.25, -0.2) is 0 Å². The standard InChI is InChI=1S/C23H28N2O2/c1-16-10-17(2)22-18(13-24-21(22)11-16)14-25-9-5-8-23(26,15-25)19-6-4-7-20(12-19)27-3/h4,6-7,10-13,24,26H,5,8-9,14-15H2,1-3H3. The Morgan fingerprint density at radius 1 is 1.22 bits per heavy atom. The highest BCUT2D eigenvalue weighted by Gasteiger charge is 2.35. The molecule has 1 fully saturated rings. The summed E-state index contributed by atoms with van der Waals surface area (Å²) >= 11 is 0. The van der Waals surface area contributed by atoms with Crippen LogP contribution in [0.15, 0.2) is 42.6 Å². The van der Waals surface area contributed by atoms with E-state index in [4.69, 9.17) is 4.74 Å². The maximum Gasteiger partial charge on any atom is 0.119 e. The quantitative estimate of drug-likeness (QED) is 0.726. The molecule has 0 saturated carbocycles. The normalized spacial score (nSPS) is 20.9. The fourth-order valence-electron chi connectivity index (χ4n) is 4.52. The number of piperidine rings is 1. The average Bonchev–Trinajstić information content (AvgIpc) is 3.04. The molecule has 4 heteroatoms. The van der Waals surface area contributed by atoms with Gasteiger partial charge in [0.2, 0.25) is 0 Å². The molecule has 0 bridgehead atoms. The second-order valence-electron chi connectivity index (χ2n) is 7.90. The first-order chi connectivity index (χ1) is 13.0. The van der Waals surface area contributed by atoms with Crippen molar-refractivity contribution in [2.45, 2.75) is 38.8 Å². The lowest BCUT2D eigenvalue weighted by Gasteiger charge is -2.39. The molecule has 2 heterocycles. The predicted octanol–water partition coefficient (Wildman–Crippen LogP) is 4.28. The third kappa shape index (κ3) is 3.47. The maximum absolute atomic E-state index is 11.4. The molecule has 142 valence electrons. The van der Waals surface area contributed by atoms with Gasteiger partial charge in [-0.05, 0) is 73.7 Å². The molecular weight excluding hydrogens is 336 g/mol. The monoisotopic (exact) mass is 364 g/mol. The van der Waals surface area contributed by atoms with Crippen LogP contribution in [0.1, 0.15) is 35.1 Å². The first kappa shape index (κ1) is 18.1. The number of hydrogen-bond donors (Lipinski definition) is 2. The second-order valence-corrected chi connectivity index (χ2v) is 7.90. The van der Waals surface area contributed by atoms with E-state index in [0.29, 0.717) is 6.54 Å². The molecule has 0 aliphatic carbocycles. The number of ether oxygens (including phenoxy) is 1. The Morgan fingerprint density at radius 3 is 2.89 bits per heavy atom. The van der Waals surface area contributed by atoms with Gasteiger partial charge in [0.1, 0.15) is 11.4 Å². The number of nitrogens with zero attached hydrogens (tertiary/aromatic N) is 1. The summed E-state index contributed by atoms with van der Waals surface area (Å²) in [7, 11) is 1.66. The molecule has 2 N–H and O–H groups in total. The lowest BCUT2D eigenvalue weighted by atomic mass is 9.85. The highest BCUT2D eigenvalue weighted by molar-refractivity contribution is 5.87. The van der Waals surface area contributed by atoms with Gasteiger partial charge in [0.15, 0.2) is 0 Å². The van der Waals surface area contributed by atoms with Crippen LogP contribution in [0.3, 0.4) is 0 Å². The first-order valence-electron chi connectivity index (χ1n) is 9.65. The van der Waals surface area contributed by atoms with Crippen molar-refractivity contribution in [2.75, 3.05) is 20.2 Å². The lowest BCUT2D eigenvalue weighted by molar-refractivity contribution is -0.0381.